The fraction of sp³-hybridized carbons (Fsp3) is 0.412. The Morgan fingerprint density at radius 3 is 2.50 bits per heavy atom. The molecule has 0 aliphatic heterocycles. The molecule has 0 saturated carbocycles. The van der Waals surface area contributed by atoms with Crippen molar-refractivity contribution in [2.45, 2.75) is 13.0 Å². The number of aromatic nitrogens is 1. The van der Waals surface area contributed by atoms with Crippen molar-refractivity contribution in [3.05, 3.63) is 36.0 Å². The highest BCUT2D eigenvalue weighted by Crippen LogP contribution is 2.21. The summed E-state index contributed by atoms with van der Waals surface area (Å²) < 4.78 is 6.30. The SMILES string of the molecule is CN(C)CCCn1cc(C(=O)C=O)c2ccccc21.COC. The van der Waals surface area contributed by atoms with Gasteiger partial charge in [0.25, 0.3) is 0 Å². The molecule has 0 unspecified atom stereocenters. The van der Waals surface area contributed by atoms with Crippen LogP contribution in [-0.4, -0.2) is 56.4 Å². The van der Waals surface area contributed by atoms with E-state index in [1.807, 2.05) is 38.4 Å². The van der Waals surface area contributed by atoms with Crippen LogP contribution in [0.1, 0.15) is 16.8 Å². The van der Waals surface area contributed by atoms with Crippen molar-refractivity contribution in [3.63, 3.8) is 0 Å². The molecule has 1 heterocycles. The molecule has 2 rings (SSSR count). The lowest BCUT2D eigenvalue weighted by molar-refractivity contribution is -0.104. The van der Waals surface area contributed by atoms with Gasteiger partial charge in [-0.1, -0.05) is 18.2 Å². The summed E-state index contributed by atoms with van der Waals surface area (Å²) >= 11 is 0. The van der Waals surface area contributed by atoms with Crippen molar-refractivity contribution in [2.75, 3.05) is 34.9 Å². The minimum Gasteiger partial charge on any atom is -0.388 e. The molecule has 2 aromatic rings. The van der Waals surface area contributed by atoms with Crippen molar-refractivity contribution in [1.82, 2.24) is 9.47 Å². The minimum absolute atomic E-state index is 0.381. The van der Waals surface area contributed by atoms with Gasteiger partial charge >= 0.3 is 0 Å². The quantitative estimate of drug-likeness (QED) is 0.466. The molecule has 5 heteroatoms. The number of carbonyl (C=O) groups is 2. The molecular formula is C17H24N2O3. The first-order valence-corrected chi connectivity index (χ1v) is 7.17. The third-order valence-electron chi connectivity index (χ3n) is 3.17. The Morgan fingerprint density at radius 1 is 1.27 bits per heavy atom. The van der Waals surface area contributed by atoms with Crippen LogP contribution in [0.5, 0.6) is 0 Å². The number of Topliss-reactive ketones (excluding diaryl/α,β-unsaturated/α-hetero) is 1. The number of ketones is 1. The molecule has 5 nitrogen and oxygen atoms in total. The van der Waals surface area contributed by atoms with E-state index < -0.39 is 5.78 Å². The maximum absolute atomic E-state index is 11.6. The zero-order valence-corrected chi connectivity index (χ0v) is 13.7. The number of benzene rings is 1. The zero-order valence-electron chi connectivity index (χ0n) is 13.7. The summed E-state index contributed by atoms with van der Waals surface area (Å²) in [6.45, 7) is 1.83. The van der Waals surface area contributed by atoms with Gasteiger partial charge in [0, 0.05) is 37.9 Å². The van der Waals surface area contributed by atoms with Gasteiger partial charge in [0.15, 0.2) is 6.29 Å². The van der Waals surface area contributed by atoms with E-state index in [-0.39, 0.29) is 0 Å². The summed E-state index contributed by atoms with van der Waals surface area (Å²) in [4.78, 5) is 24.5. The van der Waals surface area contributed by atoms with E-state index in [1.165, 1.54) is 0 Å². The highest BCUT2D eigenvalue weighted by molar-refractivity contribution is 6.36. The fourth-order valence-corrected chi connectivity index (χ4v) is 2.25. The number of nitrogens with zero attached hydrogens (tertiary/aromatic N) is 2. The zero-order chi connectivity index (χ0) is 16.5. The molecule has 0 spiro atoms. The molecule has 0 amide bonds. The molecule has 0 fully saturated rings. The van der Waals surface area contributed by atoms with Crippen molar-refractivity contribution in [2.24, 2.45) is 0 Å². The van der Waals surface area contributed by atoms with Gasteiger partial charge in [0.2, 0.25) is 5.78 Å². The van der Waals surface area contributed by atoms with Crippen LogP contribution in [0.25, 0.3) is 10.9 Å². The molecule has 0 N–H and O–H groups in total. The Morgan fingerprint density at radius 2 is 1.91 bits per heavy atom. The van der Waals surface area contributed by atoms with Crippen LogP contribution in [0.2, 0.25) is 0 Å². The van der Waals surface area contributed by atoms with E-state index in [1.54, 1.807) is 20.4 Å². The third kappa shape index (κ3) is 4.79. The van der Waals surface area contributed by atoms with E-state index >= 15 is 0 Å². The third-order valence-corrected chi connectivity index (χ3v) is 3.17. The number of rotatable bonds is 6. The largest absolute Gasteiger partial charge is 0.388 e. The average Bonchev–Trinajstić information content (AvgIpc) is 2.86. The number of hydrogen-bond acceptors (Lipinski definition) is 4. The van der Waals surface area contributed by atoms with Crippen LogP contribution >= 0.6 is 0 Å². The number of aldehydes is 1. The Hall–Kier alpha value is -1.98. The summed E-state index contributed by atoms with van der Waals surface area (Å²) in [5, 5.41) is 0.851. The standard InChI is InChI=1S/C15H18N2O2.C2H6O/c1-16(2)8-5-9-17-10-13(15(19)11-18)12-6-3-4-7-14(12)17;1-3-2/h3-4,6-7,10-11H,5,8-9H2,1-2H3;1-2H3. The summed E-state index contributed by atoms with van der Waals surface area (Å²) in [5.41, 5.74) is 1.50. The van der Waals surface area contributed by atoms with Gasteiger partial charge in [0.05, 0.1) is 5.56 Å². The van der Waals surface area contributed by atoms with E-state index in [4.69, 9.17) is 0 Å². The number of aryl methyl sites for hydroxylation is 1. The summed E-state index contributed by atoms with van der Waals surface area (Å²) in [5.74, 6) is -0.456. The van der Waals surface area contributed by atoms with E-state index in [9.17, 15) is 9.59 Å². The Labute approximate surface area is 131 Å². The van der Waals surface area contributed by atoms with Crippen LogP contribution in [0.4, 0.5) is 0 Å². The van der Waals surface area contributed by atoms with Gasteiger partial charge in [0.1, 0.15) is 0 Å². The lowest BCUT2D eigenvalue weighted by Gasteiger charge is -2.10. The van der Waals surface area contributed by atoms with Gasteiger partial charge in [-0.3, -0.25) is 9.59 Å². The smallest absolute Gasteiger partial charge is 0.227 e. The predicted molar refractivity (Wildman–Crippen MR) is 88.4 cm³/mol. The first kappa shape index (κ1) is 18.1. The van der Waals surface area contributed by atoms with Crippen LogP contribution < -0.4 is 0 Å². The highest BCUT2D eigenvalue weighted by atomic mass is 16.4. The monoisotopic (exact) mass is 304 g/mol. The van der Waals surface area contributed by atoms with Gasteiger partial charge in [-0.25, -0.2) is 0 Å². The molecule has 22 heavy (non-hydrogen) atoms. The number of para-hydroxylation sites is 1. The molecule has 0 atom stereocenters. The fourth-order valence-electron chi connectivity index (χ4n) is 2.25. The van der Waals surface area contributed by atoms with Gasteiger partial charge in [-0.15, -0.1) is 0 Å². The molecular weight excluding hydrogens is 280 g/mol. The Bertz CT molecular complexity index is 617. The molecule has 1 aromatic carbocycles. The second kappa shape index (κ2) is 9.12. The maximum atomic E-state index is 11.6. The lowest BCUT2D eigenvalue weighted by Crippen LogP contribution is -2.14. The normalized spacial score (nSPS) is 10.4. The summed E-state index contributed by atoms with van der Waals surface area (Å²) in [6, 6.07) is 7.69. The van der Waals surface area contributed by atoms with Crippen molar-refractivity contribution in [1.29, 1.82) is 0 Å². The molecule has 1 aromatic heterocycles. The van der Waals surface area contributed by atoms with Crippen LogP contribution in [0.3, 0.4) is 0 Å². The highest BCUT2D eigenvalue weighted by Gasteiger charge is 2.13. The van der Waals surface area contributed by atoms with Crippen LogP contribution in [0, 0.1) is 0 Å². The lowest BCUT2D eigenvalue weighted by atomic mass is 10.1. The first-order valence-electron chi connectivity index (χ1n) is 7.17. The number of hydrogen-bond donors (Lipinski definition) is 0. The van der Waals surface area contributed by atoms with Crippen LogP contribution in [-0.2, 0) is 16.1 Å². The van der Waals surface area contributed by atoms with Gasteiger partial charge in [-0.05, 0) is 33.1 Å². The van der Waals surface area contributed by atoms with Gasteiger partial charge in [-0.2, -0.15) is 0 Å². The van der Waals surface area contributed by atoms with Crippen LogP contribution in [0.15, 0.2) is 30.5 Å². The second-order valence-corrected chi connectivity index (χ2v) is 5.30. The Balaban J connectivity index is 0.000000745. The molecule has 0 bridgehead atoms. The summed E-state index contributed by atoms with van der Waals surface area (Å²) in [6.07, 6.45) is 3.17. The molecule has 0 aliphatic rings. The number of methoxy groups -OCH3 is 1. The van der Waals surface area contributed by atoms with Crippen molar-refractivity contribution < 1.29 is 14.3 Å². The average molecular weight is 304 g/mol. The Kier molecular flexibility index (Phi) is 7.49. The topological polar surface area (TPSA) is 51.5 Å². The first-order chi connectivity index (χ1) is 10.5. The van der Waals surface area contributed by atoms with E-state index in [0.717, 1.165) is 30.4 Å². The predicted octanol–water partition coefficient (Wildman–Crippen LogP) is 2.24. The second-order valence-electron chi connectivity index (χ2n) is 5.30. The molecule has 0 saturated heterocycles. The van der Waals surface area contributed by atoms with Crippen molar-refractivity contribution >= 4 is 23.0 Å². The molecule has 0 aliphatic carbocycles. The number of ether oxygens (including phenoxy) is 1. The maximum Gasteiger partial charge on any atom is 0.227 e. The molecule has 120 valence electrons. The minimum atomic E-state index is -0.456. The van der Waals surface area contributed by atoms with E-state index in [2.05, 4.69) is 14.2 Å². The van der Waals surface area contributed by atoms with Crippen molar-refractivity contribution in [3.8, 4) is 0 Å². The van der Waals surface area contributed by atoms with E-state index in [0.29, 0.717) is 11.8 Å². The molecule has 0 radical (unpaired) electrons. The summed E-state index contributed by atoms with van der Waals surface area (Å²) in [7, 11) is 7.32. The number of fused-ring (bicyclic) bond motifs is 1. The van der Waals surface area contributed by atoms with Gasteiger partial charge < -0.3 is 14.2 Å². The number of carbonyl (C=O) groups excluding carboxylic acids is 2.